The van der Waals surface area contributed by atoms with Crippen molar-refractivity contribution in [3.05, 3.63) is 87.1 Å². The van der Waals surface area contributed by atoms with E-state index in [2.05, 4.69) is 10.9 Å². The van der Waals surface area contributed by atoms with Crippen LogP contribution in [-0.4, -0.2) is 10.5 Å². The van der Waals surface area contributed by atoms with Crippen LogP contribution in [0.15, 0.2) is 71.7 Å². The average Bonchev–Trinajstić information content (AvgIpc) is 3.10. The SMILES string of the molecule is C#CCn1c(=NC(=O)c2cccc(Oc3ccccc3)c2)sc2ccc(Cl)c(Cl)c21. The summed E-state index contributed by atoms with van der Waals surface area (Å²) >= 11 is 13.8. The van der Waals surface area contributed by atoms with Crippen LogP contribution in [0.25, 0.3) is 10.2 Å². The number of nitrogens with zero attached hydrogens (tertiary/aromatic N) is 2. The summed E-state index contributed by atoms with van der Waals surface area (Å²) in [4.78, 5) is 17.6. The second-order valence-electron chi connectivity index (χ2n) is 6.24. The van der Waals surface area contributed by atoms with Gasteiger partial charge in [0.2, 0.25) is 0 Å². The molecule has 1 aromatic heterocycles. The van der Waals surface area contributed by atoms with E-state index in [9.17, 15) is 4.79 Å². The fraction of sp³-hybridized carbons (Fsp3) is 0.0435. The average molecular weight is 453 g/mol. The van der Waals surface area contributed by atoms with E-state index in [-0.39, 0.29) is 6.54 Å². The molecule has 0 saturated carbocycles. The number of carbonyl (C=O) groups is 1. The maximum Gasteiger partial charge on any atom is 0.279 e. The zero-order chi connectivity index (χ0) is 21.1. The van der Waals surface area contributed by atoms with Crippen LogP contribution in [0.4, 0.5) is 0 Å². The molecule has 0 spiro atoms. The number of hydrogen-bond donors (Lipinski definition) is 0. The van der Waals surface area contributed by atoms with Gasteiger partial charge < -0.3 is 9.30 Å². The highest BCUT2D eigenvalue weighted by atomic mass is 35.5. The number of hydrogen-bond acceptors (Lipinski definition) is 3. The number of rotatable bonds is 4. The van der Waals surface area contributed by atoms with Gasteiger partial charge in [-0.2, -0.15) is 4.99 Å². The van der Waals surface area contributed by atoms with Gasteiger partial charge in [-0.15, -0.1) is 6.42 Å². The summed E-state index contributed by atoms with van der Waals surface area (Å²) in [7, 11) is 0. The molecule has 0 unspecified atom stereocenters. The Balaban J connectivity index is 1.74. The number of fused-ring (bicyclic) bond motifs is 1. The van der Waals surface area contributed by atoms with E-state index >= 15 is 0 Å². The van der Waals surface area contributed by atoms with Crippen molar-refractivity contribution in [2.45, 2.75) is 6.54 Å². The van der Waals surface area contributed by atoms with Gasteiger partial charge in [-0.3, -0.25) is 4.79 Å². The molecule has 1 amide bonds. The number of thiazole rings is 1. The zero-order valence-electron chi connectivity index (χ0n) is 15.5. The van der Waals surface area contributed by atoms with Crippen LogP contribution in [-0.2, 0) is 6.54 Å². The lowest BCUT2D eigenvalue weighted by molar-refractivity contribution is 0.0997. The molecular weight excluding hydrogens is 439 g/mol. The van der Waals surface area contributed by atoms with Crippen molar-refractivity contribution in [3.8, 4) is 23.8 Å². The Morgan fingerprint density at radius 1 is 1.07 bits per heavy atom. The Morgan fingerprint density at radius 3 is 2.60 bits per heavy atom. The molecule has 0 radical (unpaired) electrons. The molecule has 3 aromatic carbocycles. The van der Waals surface area contributed by atoms with Gasteiger partial charge in [0.1, 0.15) is 11.5 Å². The van der Waals surface area contributed by atoms with Crippen LogP contribution < -0.4 is 9.54 Å². The Morgan fingerprint density at radius 2 is 1.83 bits per heavy atom. The molecule has 0 N–H and O–H groups in total. The van der Waals surface area contributed by atoms with Gasteiger partial charge in [-0.25, -0.2) is 0 Å². The Kier molecular flexibility index (Phi) is 5.91. The molecule has 7 heteroatoms. The van der Waals surface area contributed by atoms with Crippen molar-refractivity contribution in [1.82, 2.24) is 4.57 Å². The summed E-state index contributed by atoms with van der Waals surface area (Å²) in [5.41, 5.74) is 1.07. The van der Waals surface area contributed by atoms with Crippen molar-refractivity contribution >= 4 is 50.7 Å². The molecule has 4 nitrogen and oxygen atoms in total. The predicted molar refractivity (Wildman–Crippen MR) is 122 cm³/mol. The summed E-state index contributed by atoms with van der Waals surface area (Å²) < 4.78 is 8.36. The topological polar surface area (TPSA) is 43.6 Å². The molecule has 0 fully saturated rings. The molecule has 148 valence electrons. The molecule has 30 heavy (non-hydrogen) atoms. The van der Waals surface area contributed by atoms with Gasteiger partial charge in [-0.05, 0) is 42.5 Å². The second-order valence-corrected chi connectivity index (χ2v) is 8.04. The van der Waals surface area contributed by atoms with Crippen molar-refractivity contribution in [2.75, 3.05) is 0 Å². The summed E-state index contributed by atoms with van der Waals surface area (Å²) in [6.45, 7) is 0.212. The fourth-order valence-electron chi connectivity index (χ4n) is 2.89. The molecule has 0 atom stereocenters. The van der Waals surface area contributed by atoms with Crippen molar-refractivity contribution in [1.29, 1.82) is 0 Å². The van der Waals surface area contributed by atoms with Crippen molar-refractivity contribution in [3.63, 3.8) is 0 Å². The lowest BCUT2D eigenvalue weighted by Crippen LogP contribution is -2.16. The van der Waals surface area contributed by atoms with Crippen LogP contribution in [0.1, 0.15) is 10.4 Å². The van der Waals surface area contributed by atoms with Gasteiger partial charge in [0, 0.05) is 5.56 Å². The van der Waals surface area contributed by atoms with Crippen molar-refractivity contribution in [2.24, 2.45) is 4.99 Å². The van der Waals surface area contributed by atoms with Crippen LogP contribution in [0.5, 0.6) is 11.5 Å². The van der Waals surface area contributed by atoms with E-state index in [1.165, 1.54) is 11.3 Å². The molecular formula is C23H14Cl2N2O2S. The summed E-state index contributed by atoms with van der Waals surface area (Å²) in [6, 6.07) is 19.8. The molecule has 4 rings (SSSR count). The third kappa shape index (κ3) is 4.12. The van der Waals surface area contributed by atoms with Gasteiger partial charge in [-0.1, -0.05) is 64.7 Å². The highest BCUT2D eigenvalue weighted by molar-refractivity contribution is 7.16. The van der Waals surface area contributed by atoms with Crippen LogP contribution in [0, 0.1) is 12.3 Å². The standard InChI is InChI=1S/C23H14Cl2N2O2S/c1-2-13-27-21-19(12-11-18(24)20(21)25)30-23(27)26-22(28)15-7-6-10-17(14-15)29-16-8-4-3-5-9-16/h1,3-12,14H,13H2. The number of aromatic nitrogens is 1. The molecule has 0 aliphatic heterocycles. The van der Waals surface area contributed by atoms with Crippen LogP contribution >= 0.6 is 34.5 Å². The number of amides is 1. The first kappa shape index (κ1) is 20.2. The maximum atomic E-state index is 12.9. The smallest absolute Gasteiger partial charge is 0.279 e. The molecule has 0 saturated heterocycles. The van der Waals surface area contributed by atoms with E-state index in [0.717, 1.165) is 4.70 Å². The minimum atomic E-state index is -0.409. The summed E-state index contributed by atoms with van der Waals surface area (Å²) in [5.74, 6) is 3.39. The first-order valence-corrected chi connectivity index (χ1v) is 10.5. The first-order chi connectivity index (χ1) is 14.6. The quantitative estimate of drug-likeness (QED) is 0.347. The minimum absolute atomic E-state index is 0.212. The monoisotopic (exact) mass is 452 g/mol. The number of ether oxygens (including phenoxy) is 1. The molecule has 0 bridgehead atoms. The Labute approximate surface area is 187 Å². The number of carbonyl (C=O) groups excluding carboxylic acids is 1. The first-order valence-electron chi connectivity index (χ1n) is 8.89. The summed E-state index contributed by atoms with van der Waals surface area (Å²) in [6.07, 6.45) is 5.52. The van der Waals surface area contributed by atoms with Gasteiger partial charge in [0.15, 0.2) is 4.80 Å². The third-order valence-electron chi connectivity index (χ3n) is 4.24. The molecule has 4 aromatic rings. The van der Waals surface area contributed by atoms with E-state index in [1.807, 2.05) is 36.4 Å². The lowest BCUT2D eigenvalue weighted by Gasteiger charge is -2.06. The predicted octanol–water partition coefficient (Wildman–Crippen LogP) is 6.18. The molecule has 0 aliphatic rings. The van der Waals surface area contributed by atoms with E-state index < -0.39 is 5.91 Å². The zero-order valence-corrected chi connectivity index (χ0v) is 17.8. The summed E-state index contributed by atoms with van der Waals surface area (Å²) in [5, 5.41) is 0.796. The van der Waals surface area contributed by atoms with Crippen LogP contribution in [0.2, 0.25) is 10.0 Å². The number of benzene rings is 3. The molecule has 1 heterocycles. The number of para-hydroxylation sites is 1. The van der Waals surface area contributed by atoms with Gasteiger partial charge in [0.25, 0.3) is 5.91 Å². The number of terminal acetylenes is 1. The van der Waals surface area contributed by atoms with Gasteiger partial charge >= 0.3 is 0 Å². The van der Waals surface area contributed by atoms with E-state index in [0.29, 0.717) is 37.4 Å². The largest absolute Gasteiger partial charge is 0.457 e. The fourth-order valence-corrected chi connectivity index (χ4v) is 4.41. The highest BCUT2D eigenvalue weighted by Gasteiger charge is 2.14. The van der Waals surface area contributed by atoms with Crippen LogP contribution in [0.3, 0.4) is 0 Å². The maximum absolute atomic E-state index is 12.9. The van der Waals surface area contributed by atoms with Gasteiger partial charge in [0.05, 0.1) is 26.8 Å². The normalized spacial score (nSPS) is 11.4. The van der Waals surface area contributed by atoms with E-state index in [1.54, 1.807) is 34.9 Å². The second kappa shape index (κ2) is 8.76. The Bertz CT molecular complexity index is 1350. The lowest BCUT2D eigenvalue weighted by atomic mass is 10.2. The minimum Gasteiger partial charge on any atom is -0.457 e. The molecule has 0 aliphatic carbocycles. The third-order valence-corrected chi connectivity index (χ3v) is 6.08. The van der Waals surface area contributed by atoms with E-state index in [4.69, 9.17) is 34.4 Å². The Hall–Kier alpha value is -3.04. The van der Waals surface area contributed by atoms with Crippen molar-refractivity contribution < 1.29 is 9.53 Å². The highest BCUT2D eigenvalue weighted by Crippen LogP contribution is 2.32. The number of halogens is 2.